The average Bonchev–Trinajstić information content (AvgIpc) is 2.68. The topological polar surface area (TPSA) is 9.23 Å². The number of fused-ring (bicyclic) bond motifs is 1. The number of halogens is 3. The summed E-state index contributed by atoms with van der Waals surface area (Å²) in [7, 11) is 0. The minimum absolute atomic E-state index is 0.0336. The molecule has 2 aliphatic carbocycles. The van der Waals surface area contributed by atoms with Crippen molar-refractivity contribution in [2.75, 3.05) is 6.61 Å². The van der Waals surface area contributed by atoms with E-state index in [0.717, 1.165) is 44.3 Å². The molecule has 150 valence electrons. The van der Waals surface area contributed by atoms with Crippen molar-refractivity contribution in [1.29, 1.82) is 0 Å². The molecule has 0 amide bonds. The Morgan fingerprint density at radius 1 is 0.929 bits per heavy atom. The van der Waals surface area contributed by atoms with Crippen LogP contribution in [0.1, 0.15) is 56.9 Å². The zero-order valence-corrected chi connectivity index (χ0v) is 17.0. The van der Waals surface area contributed by atoms with Gasteiger partial charge in [-0.1, -0.05) is 23.7 Å². The number of ether oxygens (including phenoxy) is 1. The zero-order valence-electron chi connectivity index (χ0n) is 16.3. The molecule has 4 rings (SSSR count). The van der Waals surface area contributed by atoms with Crippen molar-refractivity contribution in [1.82, 2.24) is 0 Å². The normalized spacial score (nSPS) is 27.4. The van der Waals surface area contributed by atoms with Gasteiger partial charge in [-0.05, 0) is 98.6 Å². The molecule has 0 N–H and O–H groups in total. The molecule has 0 spiro atoms. The van der Waals surface area contributed by atoms with E-state index >= 15 is 0 Å². The van der Waals surface area contributed by atoms with Gasteiger partial charge in [-0.25, -0.2) is 8.78 Å². The first-order valence-corrected chi connectivity index (χ1v) is 10.8. The molecular weight excluding hydrogens is 378 g/mol. The van der Waals surface area contributed by atoms with Crippen LogP contribution in [-0.4, -0.2) is 12.7 Å². The fourth-order valence-electron chi connectivity index (χ4n) is 5.26. The molecule has 2 fully saturated rings. The first-order chi connectivity index (χ1) is 13.5. The second-order valence-corrected chi connectivity index (χ2v) is 8.72. The Morgan fingerprint density at radius 3 is 2.25 bits per heavy atom. The highest BCUT2D eigenvalue weighted by Crippen LogP contribution is 2.47. The third-order valence-corrected chi connectivity index (χ3v) is 6.89. The van der Waals surface area contributed by atoms with Crippen LogP contribution in [0.15, 0.2) is 36.4 Å². The summed E-state index contributed by atoms with van der Waals surface area (Å²) in [6.45, 7) is 2.84. The van der Waals surface area contributed by atoms with Crippen LogP contribution in [0.25, 0.3) is 11.1 Å². The standard InChI is InChI=1S/C24H27ClF2O/c1-2-28-21-10-7-16-11-17(3-4-18(16)12-21)19-13-22(26)24(23(27)14-19)15-5-8-20(25)9-6-15/h5-6,8-9,13-14,16-18,21H,2-4,7,10-12H2,1H3. The fourth-order valence-corrected chi connectivity index (χ4v) is 5.38. The molecule has 2 aliphatic rings. The molecule has 0 aliphatic heterocycles. The van der Waals surface area contributed by atoms with Crippen molar-refractivity contribution in [2.24, 2.45) is 11.8 Å². The van der Waals surface area contributed by atoms with Gasteiger partial charge in [0, 0.05) is 11.6 Å². The lowest BCUT2D eigenvalue weighted by Crippen LogP contribution is -2.33. The van der Waals surface area contributed by atoms with Crippen molar-refractivity contribution in [3.63, 3.8) is 0 Å². The average molecular weight is 405 g/mol. The number of hydrogen-bond donors (Lipinski definition) is 0. The Kier molecular flexibility index (Phi) is 6.03. The SMILES string of the molecule is CCOC1CCC2CC(c3cc(F)c(-c4ccc(Cl)cc4)c(F)c3)CCC2C1. The van der Waals surface area contributed by atoms with Gasteiger partial charge in [0.25, 0.3) is 0 Å². The maximum atomic E-state index is 14.8. The molecule has 4 atom stereocenters. The summed E-state index contributed by atoms with van der Waals surface area (Å²) in [4.78, 5) is 0. The van der Waals surface area contributed by atoms with Crippen molar-refractivity contribution < 1.29 is 13.5 Å². The Labute approximate surface area is 171 Å². The highest BCUT2D eigenvalue weighted by molar-refractivity contribution is 6.30. The number of rotatable bonds is 4. The molecule has 2 saturated carbocycles. The molecule has 4 unspecified atom stereocenters. The van der Waals surface area contributed by atoms with E-state index in [4.69, 9.17) is 16.3 Å². The largest absolute Gasteiger partial charge is 0.378 e. The molecule has 0 radical (unpaired) electrons. The lowest BCUT2D eigenvalue weighted by atomic mass is 9.65. The minimum atomic E-state index is -0.487. The number of benzene rings is 2. The van der Waals surface area contributed by atoms with Crippen LogP contribution in [0.2, 0.25) is 5.02 Å². The van der Waals surface area contributed by atoms with E-state index in [9.17, 15) is 8.78 Å². The lowest BCUT2D eigenvalue weighted by molar-refractivity contribution is -0.00957. The van der Waals surface area contributed by atoms with E-state index in [1.54, 1.807) is 36.4 Å². The molecule has 4 heteroatoms. The summed E-state index contributed by atoms with van der Waals surface area (Å²) >= 11 is 5.89. The Hall–Kier alpha value is -1.45. The third kappa shape index (κ3) is 4.11. The van der Waals surface area contributed by atoms with E-state index in [1.165, 1.54) is 6.42 Å². The highest BCUT2D eigenvalue weighted by atomic mass is 35.5. The van der Waals surface area contributed by atoms with Crippen molar-refractivity contribution in [3.8, 4) is 11.1 Å². The second kappa shape index (κ2) is 8.51. The fraction of sp³-hybridized carbons (Fsp3) is 0.500. The molecule has 0 saturated heterocycles. The third-order valence-electron chi connectivity index (χ3n) is 6.64. The van der Waals surface area contributed by atoms with Crippen LogP contribution in [0.3, 0.4) is 0 Å². The van der Waals surface area contributed by atoms with Gasteiger partial charge in [-0.15, -0.1) is 0 Å². The van der Waals surface area contributed by atoms with Gasteiger partial charge in [0.05, 0.1) is 11.7 Å². The molecular formula is C24H27ClF2O. The maximum absolute atomic E-state index is 14.8. The van der Waals surface area contributed by atoms with Crippen molar-refractivity contribution in [3.05, 3.63) is 58.6 Å². The molecule has 2 aromatic carbocycles. The highest BCUT2D eigenvalue weighted by Gasteiger charge is 2.36. The summed E-state index contributed by atoms with van der Waals surface area (Å²) < 4.78 is 35.5. The molecule has 2 aromatic rings. The van der Waals surface area contributed by atoms with E-state index < -0.39 is 11.6 Å². The van der Waals surface area contributed by atoms with Crippen LogP contribution in [0, 0.1) is 23.5 Å². The zero-order chi connectivity index (χ0) is 19.7. The van der Waals surface area contributed by atoms with E-state index in [-0.39, 0.29) is 11.5 Å². The minimum Gasteiger partial charge on any atom is -0.378 e. The van der Waals surface area contributed by atoms with E-state index in [0.29, 0.717) is 28.5 Å². The summed E-state index contributed by atoms with van der Waals surface area (Å²) in [6.07, 6.45) is 6.97. The second-order valence-electron chi connectivity index (χ2n) is 8.29. The lowest BCUT2D eigenvalue weighted by Gasteiger charge is -2.42. The monoisotopic (exact) mass is 404 g/mol. The van der Waals surface area contributed by atoms with Crippen molar-refractivity contribution >= 4 is 11.6 Å². The van der Waals surface area contributed by atoms with Gasteiger partial charge in [0.1, 0.15) is 11.6 Å². The molecule has 0 bridgehead atoms. The smallest absolute Gasteiger partial charge is 0.134 e. The molecule has 0 aromatic heterocycles. The predicted octanol–water partition coefficient (Wildman–Crippen LogP) is 7.37. The van der Waals surface area contributed by atoms with Crippen LogP contribution >= 0.6 is 11.6 Å². The van der Waals surface area contributed by atoms with Gasteiger partial charge < -0.3 is 4.74 Å². The van der Waals surface area contributed by atoms with Gasteiger partial charge >= 0.3 is 0 Å². The number of hydrogen-bond acceptors (Lipinski definition) is 1. The van der Waals surface area contributed by atoms with Gasteiger partial charge in [-0.3, -0.25) is 0 Å². The van der Waals surface area contributed by atoms with Gasteiger partial charge in [0.2, 0.25) is 0 Å². The van der Waals surface area contributed by atoms with Crippen LogP contribution in [0.4, 0.5) is 8.78 Å². The summed E-state index contributed by atoms with van der Waals surface area (Å²) in [6, 6.07) is 9.72. The van der Waals surface area contributed by atoms with Crippen LogP contribution in [-0.2, 0) is 4.74 Å². The maximum Gasteiger partial charge on any atom is 0.134 e. The quantitative estimate of drug-likeness (QED) is 0.516. The summed E-state index contributed by atoms with van der Waals surface area (Å²) in [5.41, 5.74) is 1.35. The molecule has 0 heterocycles. The molecule has 28 heavy (non-hydrogen) atoms. The first kappa shape index (κ1) is 19.8. The van der Waals surface area contributed by atoms with E-state index in [1.807, 2.05) is 0 Å². The van der Waals surface area contributed by atoms with Gasteiger partial charge in [0.15, 0.2) is 0 Å². The van der Waals surface area contributed by atoms with Gasteiger partial charge in [-0.2, -0.15) is 0 Å². The Morgan fingerprint density at radius 2 is 1.57 bits per heavy atom. The first-order valence-electron chi connectivity index (χ1n) is 10.4. The van der Waals surface area contributed by atoms with Crippen LogP contribution in [0.5, 0.6) is 0 Å². The Bertz CT molecular complexity index is 797. The summed E-state index contributed by atoms with van der Waals surface area (Å²) in [5.74, 6) is 0.620. The Balaban J connectivity index is 1.51. The summed E-state index contributed by atoms with van der Waals surface area (Å²) in [5, 5.41) is 0.553. The van der Waals surface area contributed by atoms with Crippen molar-refractivity contribution in [2.45, 2.75) is 57.5 Å². The van der Waals surface area contributed by atoms with E-state index in [2.05, 4.69) is 6.92 Å². The van der Waals surface area contributed by atoms with Crippen LogP contribution < -0.4 is 0 Å². The predicted molar refractivity (Wildman–Crippen MR) is 110 cm³/mol. The molecule has 1 nitrogen and oxygen atoms in total.